The number of fused-ring (bicyclic) bond motifs is 2. The molecule has 5 aromatic rings. The lowest BCUT2D eigenvalue weighted by Crippen LogP contribution is -2.40. The maximum absolute atomic E-state index is 14.3. The molecule has 11 heteroatoms. The van der Waals surface area contributed by atoms with E-state index in [1.54, 1.807) is 44.6 Å². The second kappa shape index (κ2) is 12.6. The van der Waals surface area contributed by atoms with E-state index in [9.17, 15) is 9.59 Å². The van der Waals surface area contributed by atoms with Crippen LogP contribution in [0, 0.1) is 0 Å². The molecule has 0 radical (unpaired) electrons. The summed E-state index contributed by atoms with van der Waals surface area (Å²) in [6.45, 7) is 5.86. The number of rotatable bonds is 7. The van der Waals surface area contributed by atoms with Gasteiger partial charge in [0.25, 0.3) is 5.56 Å². The molecule has 230 valence electrons. The van der Waals surface area contributed by atoms with Gasteiger partial charge in [0.2, 0.25) is 0 Å². The van der Waals surface area contributed by atoms with Gasteiger partial charge in [-0.2, -0.15) is 0 Å². The Labute approximate surface area is 281 Å². The summed E-state index contributed by atoms with van der Waals surface area (Å²) in [4.78, 5) is 33.0. The van der Waals surface area contributed by atoms with Gasteiger partial charge in [-0.05, 0) is 68.8 Å². The van der Waals surface area contributed by atoms with Crippen molar-refractivity contribution in [3.63, 3.8) is 0 Å². The Morgan fingerprint density at radius 3 is 2.64 bits per heavy atom. The van der Waals surface area contributed by atoms with Gasteiger partial charge in [0, 0.05) is 49.3 Å². The third kappa shape index (κ3) is 6.02. The number of allylic oxidation sites excluding steroid dienone is 1. The first-order valence-electron chi connectivity index (χ1n) is 14.1. The SMILES string of the molecule is COc1ccc(Br)cc1[C@@H]1C(C(=O)OC(C)C)=C(C)N=c2s/c(=C\c3cn(Cc4ccc(Cl)cc4Cl)c4ccccc34)c(=O)n21. The lowest BCUT2D eigenvalue weighted by Gasteiger charge is -2.26. The van der Waals surface area contributed by atoms with Gasteiger partial charge < -0.3 is 14.0 Å². The normalized spacial score (nSPS) is 15.0. The Morgan fingerprint density at radius 2 is 1.91 bits per heavy atom. The molecular weight excluding hydrogens is 697 g/mol. The summed E-state index contributed by atoms with van der Waals surface area (Å²) in [6.07, 6.45) is 3.54. The van der Waals surface area contributed by atoms with Gasteiger partial charge in [-0.1, -0.05) is 74.7 Å². The average Bonchev–Trinajstić information content (AvgIpc) is 3.49. The van der Waals surface area contributed by atoms with Gasteiger partial charge in [0.1, 0.15) is 11.8 Å². The second-order valence-corrected chi connectivity index (χ2v) is 13.7. The Bertz CT molecular complexity index is 2200. The number of ether oxygens (including phenoxy) is 2. The van der Waals surface area contributed by atoms with Crippen molar-refractivity contribution in [3.8, 4) is 5.75 Å². The summed E-state index contributed by atoms with van der Waals surface area (Å²) >= 11 is 17.5. The van der Waals surface area contributed by atoms with Crippen molar-refractivity contribution in [2.75, 3.05) is 7.11 Å². The third-order valence-corrected chi connectivity index (χ3v) is 9.60. The highest BCUT2D eigenvalue weighted by molar-refractivity contribution is 9.10. The topological polar surface area (TPSA) is 74.8 Å². The molecule has 0 N–H and O–H groups in total. The lowest BCUT2D eigenvalue weighted by atomic mass is 9.95. The van der Waals surface area contributed by atoms with Crippen molar-refractivity contribution in [2.45, 2.75) is 39.5 Å². The molecule has 1 atom stereocenters. The van der Waals surface area contributed by atoms with Gasteiger partial charge in [-0.25, -0.2) is 9.79 Å². The smallest absolute Gasteiger partial charge is 0.338 e. The number of thiazole rings is 1. The van der Waals surface area contributed by atoms with E-state index in [2.05, 4.69) is 20.5 Å². The molecule has 0 bridgehead atoms. The number of methoxy groups -OCH3 is 1. The van der Waals surface area contributed by atoms with Crippen LogP contribution in [0.5, 0.6) is 5.75 Å². The van der Waals surface area contributed by atoms with Crippen LogP contribution in [0.15, 0.2) is 92.4 Å². The zero-order valence-corrected chi connectivity index (χ0v) is 28.7. The predicted octanol–water partition coefficient (Wildman–Crippen LogP) is 7.27. The van der Waals surface area contributed by atoms with Crippen molar-refractivity contribution < 1.29 is 14.3 Å². The Balaban J connectivity index is 1.54. The average molecular weight is 725 g/mol. The molecule has 0 saturated heterocycles. The first-order chi connectivity index (χ1) is 21.5. The van der Waals surface area contributed by atoms with Crippen molar-refractivity contribution in [3.05, 3.63) is 129 Å². The fraction of sp³-hybridized carbons (Fsp3) is 0.206. The molecule has 1 aliphatic heterocycles. The van der Waals surface area contributed by atoms with Crippen molar-refractivity contribution >= 4 is 73.4 Å². The first kappa shape index (κ1) is 31.4. The van der Waals surface area contributed by atoms with Crippen molar-refractivity contribution in [1.82, 2.24) is 9.13 Å². The maximum atomic E-state index is 14.3. The number of hydrogen-bond acceptors (Lipinski definition) is 6. The highest BCUT2D eigenvalue weighted by Gasteiger charge is 2.35. The molecule has 3 aromatic carbocycles. The Hall–Kier alpha value is -3.63. The van der Waals surface area contributed by atoms with E-state index in [0.29, 0.717) is 42.9 Å². The van der Waals surface area contributed by atoms with Gasteiger partial charge in [-0.15, -0.1) is 0 Å². The van der Waals surface area contributed by atoms with Crippen molar-refractivity contribution in [2.24, 2.45) is 4.99 Å². The van der Waals surface area contributed by atoms with Gasteiger partial charge in [-0.3, -0.25) is 9.36 Å². The quantitative estimate of drug-likeness (QED) is 0.166. The second-order valence-electron chi connectivity index (χ2n) is 10.9. The molecule has 7 nitrogen and oxygen atoms in total. The minimum Gasteiger partial charge on any atom is -0.496 e. The zero-order valence-electron chi connectivity index (χ0n) is 24.8. The van der Waals surface area contributed by atoms with Gasteiger partial charge in [0.15, 0.2) is 4.80 Å². The number of hydrogen-bond donors (Lipinski definition) is 0. The lowest BCUT2D eigenvalue weighted by molar-refractivity contribution is -0.143. The summed E-state index contributed by atoms with van der Waals surface area (Å²) in [7, 11) is 1.56. The molecule has 0 unspecified atom stereocenters. The standard InChI is InChI=1S/C34H28BrCl2N3O4S/c1-18(2)44-33(42)30-19(3)38-34-40(31(30)25-14-22(35)10-12-28(25)43-4)32(41)29(45-34)13-21-17-39(27-8-6-5-7-24(21)27)16-20-9-11-23(36)15-26(20)37/h5-15,17-18,31H,16H2,1-4H3/b29-13-/t31-/m1/s1. The highest BCUT2D eigenvalue weighted by atomic mass is 79.9. The summed E-state index contributed by atoms with van der Waals surface area (Å²) in [5, 5.41) is 2.14. The van der Waals surface area contributed by atoms with E-state index in [0.717, 1.165) is 26.5 Å². The molecule has 1 aliphatic rings. The van der Waals surface area contributed by atoms with Crippen LogP contribution in [0.2, 0.25) is 10.0 Å². The third-order valence-electron chi connectivity index (χ3n) is 7.53. The van der Waals surface area contributed by atoms with Crippen molar-refractivity contribution in [1.29, 1.82) is 0 Å². The molecule has 3 heterocycles. The molecule has 6 rings (SSSR count). The summed E-state index contributed by atoms with van der Waals surface area (Å²) in [5.41, 5.74) is 3.92. The highest BCUT2D eigenvalue weighted by Crippen LogP contribution is 2.37. The molecule has 0 amide bonds. The molecular formula is C34H28BrCl2N3O4S. The van der Waals surface area contributed by atoms with Crippen LogP contribution < -0.4 is 19.6 Å². The molecule has 0 saturated carbocycles. The number of carbonyl (C=O) groups excluding carboxylic acids is 1. The molecule has 45 heavy (non-hydrogen) atoms. The Morgan fingerprint density at radius 1 is 1.13 bits per heavy atom. The molecule has 0 aliphatic carbocycles. The van der Waals surface area contributed by atoms with Gasteiger partial charge >= 0.3 is 5.97 Å². The van der Waals surface area contributed by atoms with Crippen LogP contribution in [-0.2, 0) is 16.1 Å². The van der Waals surface area contributed by atoms with Gasteiger partial charge in [0.05, 0.1) is 29.0 Å². The van der Waals surface area contributed by atoms with Crippen LogP contribution >= 0.6 is 50.5 Å². The minimum atomic E-state index is -0.810. The number of benzene rings is 3. The van der Waals surface area contributed by atoms with Crippen LogP contribution in [-0.4, -0.2) is 28.3 Å². The zero-order chi connectivity index (χ0) is 32.0. The van der Waals surface area contributed by atoms with Crippen LogP contribution in [0.4, 0.5) is 0 Å². The van der Waals surface area contributed by atoms with Crippen LogP contribution in [0.3, 0.4) is 0 Å². The summed E-state index contributed by atoms with van der Waals surface area (Å²) in [6, 6.07) is 18.2. The van der Waals surface area contributed by atoms with E-state index < -0.39 is 12.0 Å². The maximum Gasteiger partial charge on any atom is 0.338 e. The number of para-hydroxylation sites is 1. The molecule has 2 aromatic heterocycles. The largest absolute Gasteiger partial charge is 0.496 e. The predicted molar refractivity (Wildman–Crippen MR) is 183 cm³/mol. The molecule has 0 fully saturated rings. The van der Waals surface area contributed by atoms with E-state index in [4.69, 9.17) is 37.7 Å². The van der Waals surface area contributed by atoms with E-state index in [1.165, 1.54) is 11.3 Å². The summed E-state index contributed by atoms with van der Waals surface area (Å²) < 4.78 is 16.3. The monoisotopic (exact) mass is 723 g/mol. The van der Waals surface area contributed by atoms with E-state index in [1.807, 2.05) is 60.8 Å². The number of aromatic nitrogens is 2. The number of esters is 1. The fourth-order valence-corrected chi connectivity index (χ4v) is 7.45. The number of nitrogens with zero attached hydrogens (tertiary/aromatic N) is 3. The number of carbonyl (C=O) groups is 1. The van der Waals surface area contributed by atoms with E-state index >= 15 is 0 Å². The van der Waals surface area contributed by atoms with E-state index in [-0.39, 0.29) is 17.2 Å². The van der Waals surface area contributed by atoms with Crippen LogP contribution in [0.25, 0.3) is 17.0 Å². The molecule has 0 spiro atoms. The Kier molecular flexibility index (Phi) is 8.81. The van der Waals surface area contributed by atoms with Crippen LogP contribution in [0.1, 0.15) is 43.5 Å². The summed E-state index contributed by atoms with van der Waals surface area (Å²) in [5.74, 6) is 0.00254. The minimum absolute atomic E-state index is 0.272. The first-order valence-corrected chi connectivity index (χ1v) is 16.5. The fourth-order valence-electron chi connectivity index (χ4n) is 5.57. The number of halogens is 3.